The van der Waals surface area contributed by atoms with Gasteiger partial charge in [0.2, 0.25) is 0 Å². The van der Waals surface area contributed by atoms with Crippen molar-refractivity contribution in [2.24, 2.45) is 0 Å². The predicted molar refractivity (Wildman–Crippen MR) is 84.8 cm³/mol. The van der Waals surface area contributed by atoms with Crippen molar-refractivity contribution in [1.82, 2.24) is 5.32 Å². The third kappa shape index (κ3) is 5.76. The Kier molecular flexibility index (Phi) is 7.23. The molecule has 0 aliphatic heterocycles. The fourth-order valence-electron chi connectivity index (χ4n) is 2.10. The Bertz CT molecular complexity index is 457. The number of carbonyl (C=O) groups excluding carboxylic acids is 1. The molecular formula is C17H27NO3. The minimum absolute atomic E-state index is 0.0515. The van der Waals surface area contributed by atoms with Gasteiger partial charge in [0.05, 0.1) is 19.8 Å². The van der Waals surface area contributed by atoms with Crippen LogP contribution in [0.15, 0.2) is 18.2 Å². The topological polar surface area (TPSA) is 47.6 Å². The van der Waals surface area contributed by atoms with Crippen molar-refractivity contribution in [3.05, 3.63) is 29.3 Å². The molecule has 4 heteroatoms. The second-order valence-electron chi connectivity index (χ2n) is 5.55. The van der Waals surface area contributed by atoms with Gasteiger partial charge in [-0.2, -0.15) is 0 Å². The van der Waals surface area contributed by atoms with Crippen LogP contribution in [0.2, 0.25) is 0 Å². The minimum Gasteiger partial charge on any atom is -0.496 e. The molecule has 0 saturated carbocycles. The molecule has 4 nitrogen and oxygen atoms in total. The van der Waals surface area contributed by atoms with Crippen molar-refractivity contribution in [2.75, 3.05) is 7.11 Å². The van der Waals surface area contributed by atoms with E-state index in [4.69, 9.17) is 9.47 Å². The van der Waals surface area contributed by atoms with Gasteiger partial charge in [-0.15, -0.1) is 0 Å². The van der Waals surface area contributed by atoms with Crippen molar-refractivity contribution in [2.45, 2.75) is 59.3 Å². The van der Waals surface area contributed by atoms with Gasteiger partial charge in [0.1, 0.15) is 5.75 Å². The van der Waals surface area contributed by atoms with E-state index < -0.39 is 0 Å². The Hall–Kier alpha value is -1.55. The Morgan fingerprint density at radius 3 is 2.57 bits per heavy atom. The number of nitrogens with one attached hydrogen (secondary N) is 1. The van der Waals surface area contributed by atoms with Crippen molar-refractivity contribution in [1.29, 1.82) is 0 Å². The van der Waals surface area contributed by atoms with Gasteiger partial charge in [0.15, 0.2) is 0 Å². The first kappa shape index (κ1) is 17.5. The number of benzene rings is 1. The van der Waals surface area contributed by atoms with E-state index in [1.165, 1.54) is 0 Å². The lowest BCUT2D eigenvalue weighted by Crippen LogP contribution is -2.32. The molecule has 0 radical (unpaired) electrons. The lowest BCUT2D eigenvalue weighted by molar-refractivity contribution is 0.0644. The molecule has 0 saturated heterocycles. The zero-order valence-electron chi connectivity index (χ0n) is 13.7. The number of methoxy groups -OCH3 is 1. The fourth-order valence-corrected chi connectivity index (χ4v) is 2.10. The maximum atomic E-state index is 12.2. The standard InChI is InChI=1S/C17H27NO3/c1-6-7-13(4)18-17(19)14-8-9-16(20-5)15(10-14)11-21-12(2)3/h8-10,12-13H,6-7,11H2,1-5H3,(H,18,19)/t13-/m1/s1. The van der Waals surface area contributed by atoms with Gasteiger partial charge in [0, 0.05) is 17.2 Å². The summed E-state index contributed by atoms with van der Waals surface area (Å²) < 4.78 is 10.9. The van der Waals surface area contributed by atoms with Crippen LogP contribution in [0, 0.1) is 0 Å². The van der Waals surface area contributed by atoms with Crippen LogP contribution < -0.4 is 10.1 Å². The van der Waals surface area contributed by atoms with Crippen LogP contribution in [-0.2, 0) is 11.3 Å². The maximum Gasteiger partial charge on any atom is 0.251 e. The van der Waals surface area contributed by atoms with E-state index in [-0.39, 0.29) is 18.1 Å². The van der Waals surface area contributed by atoms with Crippen LogP contribution in [0.1, 0.15) is 56.5 Å². The van der Waals surface area contributed by atoms with Crippen molar-refractivity contribution in [3.63, 3.8) is 0 Å². The van der Waals surface area contributed by atoms with Crippen LogP contribution in [-0.4, -0.2) is 25.2 Å². The number of rotatable bonds is 8. The van der Waals surface area contributed by atoms with Gasteiger partial charge in [0.25, 0.3) is 5.91 Å². The molecule has 0 heterocycles. The van der Waals surface area contributed by atoms with E-state index in [1.807, 2.05) is 32.9 Å². The van der Waals surface area contributed by atoms with E-state index in [0.29, 0.717) is 12.2 Å². The summed E-state index contributed by atoms with van der Waals surface area (Å²) >= 11 is 0. The van der Waals surface area contributed by atoms with Crippen LogP contribution in [0.5, 0.6) is 5.75 Å². The molecule has 1 amide bonds. The molecular weight excluding hydrogens is 266 g/mol. The maximum absolute atomic E-state index is 12.2. The third-order valence-electron chi connectivity index (χ3n) is 3.21. The van der Waals surface area contributed by atoms with E-state index in [9.17, 15) is 4.79 Å². The molecule has 1 aromatic rings. The summed E-state index contributed by atoms with van der Waals surface area (Å²) in [7, 11) is 1.62. The average Bonchev–Trinajstić information content (AvgIpc) is 2.44. The van der Waals surface area contributed by atoms with Gasteiger partial charge in [-0.05, 0) is 45.4 Å². The Morgan fingerprint density at radius 2 is 2.00 bits per heavy atom. The van der Waals surface area contributed by atoms with Crippen LogP contribution in [0.3, 0.4) is 0 Å². The van der Waals surface area contributed by atoms with E-state index in [0.717, 1.165) is 24.2 Å². The van der Waals surface area contributed by atoms with Crippen LogP contribution in [0.4, 0.5) is 0 Å². The number of hydrogen-bond acceptors (Lipinski definition) is 3. The molecule has 1 atom stereocenters. The van der Waals surface area contributed by atoms with Gasteiger partial charge >= 0.3 is 0 Å². The molecule has 1 N–H and O–H groups in total. The number of carbonyl (C=O) groups is 1. The molecule has 0 aromatic heterocycles. The molecule has 0 aliphatic rings. The largest absolute Gasteiger partial charge is 0.496 e. The summed E-state index contributed by atoms with van der Waals surface area (Å²) in [5, 5.41) is 3.01. The lowest BCUT2D eigenvalue weighted by Gasteiger charge is -2.15. The van der Waals surface area contributed by atoms with Crippen LogP contribution >= 0.6 is 0 Å². The van der Waals surface area contributed by atoms with Crippen molar-refractivity contribution >= 4 is 5.91 Å². The second-order valence-corrected chi connectivity index (χ2v) is 5.55. The highest BCUT2D eigenvalue weighted by molar-refractivity contribution is 5.94. The monoisotopic (exact) mass is 293 g/mol. The summed E-state index contributed by atoms with van der Waals surface area (Å²) in [6.45, 7) is 8.53. The highest BCUT2D eigenvalue weighted by Crippen LogP contribution is 2.21. The van der Waals surface area contributed by atoms with Crippen molar-refractivity contribution in [3.8, 4) is 5.75 Å². The van der Waals surface area contributed by atoms with Gasteiger partial charge in [-0.3, -0.25) is 4.79 Å². The minimum atomic E-state index is -0.0515. The highest BCUT2D eigenvalue weighted by atomic mass is 16.5. The summed E-state index contributed by atoms with van der Waals surface area (Å²) in [4.78, 5) is 12.2. The Labute approximate surface area is 127 Å². The number of amides is 1. The first-order chi connectivity index (χ1) is 9.97. The average molecular weight is 293 g/mol. The zero-order chi connectivity index (χ0) is 15.8. The molecule has 0 unspecified atom stereocenters. The second kappa shape index (κ2) is 8.67. The van der Waals surface area contributed by atoms with Gasteiger partial charge in [-0.25, -0.2) is 0 Å². The van der Waals surface area contributed by atoms with Crippen LogP contribution in [0.25, 0.3) is 0 Å². The first-order valence-corrected chi connectivity index (χ1v) is 7.57. The smallest absolute Gasteiger partial charge is 0.251 e. The normalized spacial score (nSPS) is 12.3. The predicted octanol–water partition coefficient (Wildman–Crippen LogP) is 3.54. The van der Waals surface area contributed by atoms with Gasteiger partial charge in [-0.1, -0.05) is 13.3 Å². The summed E-state index contributed by atoms with van der Waals surface area (Å²) in [6, 6.07) is 5.62. The fraction of sp³-hybridized carbons (Fsp3) is 0.588. The highest BCUT2D eigenvalue weighted by Gasteiger charge is 2.12. The summed E-state index contributed by atoms with van der Waals surface area (Å²) in [5.41, 5.74) is 1.53. The third-order valence-corrected chi connectivity index (χ3v) is 3.21. The SMILES string of the molecule is CCC[C@@H](C)NC(=O)c1ccc(OC)c(COC(C)C)c1. The molecule has 0 fully saturated rings. The van der Waals surface area contributed by atoms with Crippen molar-refractivity contribution < 1.29 is 14.3 Å². The Morgan fingerprint density at radius 1 is 1.29 bits per heavy atom. The molecule has 118 valence electrons. The quantitative estimate of drug-likeness (QED) is 0.797. The molecule has 0 aliphatic carbocycles. The molecule has 0 bridgehead atoms. The summed E-state index contributed by atoms with van der Waals surface area (Å²) in [6.07, 6.45) is 2.17. The summed E-state index contributed by atoms with van der Waals surface area (Å²) in [5.74, 6) is 0.693. The zero-order valence-corrected chi connectivity index (χ0v) is 13.7. The molecule has 21 heavy (non-hydrogen) atoms. The number of hydrogen-bond donors (Lipinski definition) is 1. The first-order valence-electron chi connectivity index (χ1n) is 7.57. The van der Waals surface area contributed by atoms with E-state index >= 15 is 0 Å². The molecule has 1 rings (SSSR count). The van der Waals surface area contributed by atoms with E-state index in [1.54, 1.807) is 13.2 Å². The number of ether oxygens (including phenoxy) is 2. The molecule has 1 aromatic carbocycles. The van der Waals surface area contributed by atoms with Gasteiger partial charge < -0.3 is 14.8 Å². The molecule has 0 spiro atoms. The van der Waals surface area contributed by atoms with E-state index in [2.05, 4.69) is 12.2 Å². The Balaban J connectivity index is 2.83. The lowest BCUT2D eigenvalue weighted by atomic mass is 10.1.